The Labute approximate surface area is 114 Å². The second-order valence-electron chi connectivity index (χ2n) is 5.23. The molecule has 0 amide bonds. The van der Waals surface area contributed by atoms with Crippen molar-refractivity contribution in [1.82, 2.24) is 4.90 Å². The summed E-state index contributed by atoms with van der Waals surface area (Å²) in [5.74, 6) is -0.835. The summed E-state index contributed by atoms with van der Waals surface area (Å²) < 4.78 is 5.82. The molecule has 0 spiro atoms. The molecule has 1 aromatic rings. The Kier molecular flexibility index (Phi) is 4.56. The maximum absolute atomic E-state index is 11.6. The number of benzene rings is 1. The molecule has 0 saturated carbocycles. The van der Waals surface area contributed by atoms with E-state index in [0.29, 0.717) is 19.4 Å². The molecule has 0 aromatic heterocycles. The highest BCUT2D eigenvalue weighted by molar-refractivity contribution is 5.77. The van der Waals surface area contributed by atoms with E-state index >= 15 is 0 Å². The van der Waals surface area contributed by atoms with Crippen LogP contribution in [0.2, 0.25) is 0 Å². The van der Waals surface area contributed by atoms with Gasteiger partial charge in [-0.15, -0.1) is 0 Å². The first kappa shape index (κ1) is 14.0. The van der Waals surface area contributed by atoms with Crippen LogP contribution in [0.1, 0.15) is 24.8 Å². The van der Waals surface area contributed by atoms with Crippen molar-refractivity contribution < 1.29 is 14.6 Å². The number of ether oxygens (including phenoxy) is 1. The summed E-state index contributed by atoms with van der Waals surface area (Å²) in [6, 6.07) is 9.73. The molecule has 104 valence electrons. The molecule has 0 aliphatic carbocycles. The van der Waals surface area contributed by atoms with Gasteiger partial charge >= 0.3 is 5.97 Å². The van der Waals surface area contributed by atoms with E-state index in [1.165, 1.54) is 0 Å². The van der Waals surface area contributed by atoms with Gasteiger partial charge in [0.2, 0.25) is 0 Å². The lowest BCUT2D eigenvalue weighted by atomic mass is 9.94. The smallest absolute Gasteiger partial charge is 0.336 e. The van der Waals surface area contributed by atoms with Crippen LogP contribution in [0.3, 0.4) is 0 Å². The zero-order valence-electron chi connectivity index (χ0n) is 11.3. The van der Waals surface area contributed by atoms with Crippen LogP contribution < -0.4 is 0 Å². The highest BCUT2D eigenvalue weighted by Crippen LogP contribution is 2.27. The van der Waals surface area contributed by atoms with Crippen molar-refractivity contribution in [3.63, 3.8) is 0 Å². The minimum atomic E-state index is -1.03. The molecule has 1 fully saturated rings. The summed E-state index contributed by atoms with van der Waals surface area (Å²) in [7, 11) is 2.02. The van der Waals surface area contributed by atoms with Gasteiger partial charge in [0.15, 0.2) is 5.60 Å². The Morgan fingerprint density at radius 1 is 1.32 bits per heavy atom. The molecule has 1 saturated heterocycles. The predicted octanol–water partition coefficient (Wildman–Crippen LogP) is 2.14. The first-order valence-corrected chi connectivity index (χ1v) is 6.72. The third-order valence-electron chi connectivity index (χ3n) is 3.77. The molecule has 1 aliphatic rings. The number of carbonyl (C=O) groups is 1. The molecule has 1 atom stereocenters. The van der Waals surface area contributed by atoms with Crippen LogP contribution in [0.15, 0.2) is 30.3 Å². The number of rotatable bonds is 4. The minimum Gasteiger partial charge on any atom is -0.479 e. The fourth-order valence-electron chi connectivity index (χ4n) is 2.46. The van der Waals surface area contributed by atoms with E-state index in [1.54, 1.807) is 0 Å². The Hall–Kier alpha value is -1.39. The van der Waals surface area contributed by atoms with Crippen molar-refractivity contribution in [1.29, 1.82) is 0 Å². The molecule has 4 nitrogen and oxygen atoms in total. The number of hydrogen-bond acceptors (Lipinski definition) is 3. The predicted molar refractivity (Wildman–Crippen MR) is 72.9 cm³/mol. The van der Waals surface area contributed by atoms with Crippen LogP contribution in [0.5, 0.6) is 0 Å². The number of carboxylic acids is 1. The van der Waals surface area contributed by atoms with E-state index in [4.69, 9.17) is 4.74 Å². The standard InChI is InChI=1S/C15H21NO3/c1-16-10-5-8-15(9-11-16,14(17)18)19-12-13-6-3-2-4-7-13/h2-4,6-7H,5,8-12H2,1H3,(H,17,18). The highest BCUT2D eigenvalue weighted by atomic mass is 16.5. The van der Waals surface area contributed by atoms with Crippen LogP contribution in [-0.2, 0) is 16.1 Å². The van der Waals surface area contributed by atoms with Gasteiger partial charge in [-0.2, -0.15) is 0 Å². The molecule has 0 bridgehead atoms. The summed E-state index contributed by atoms with van der Waals surface area (Å²) in [5, 5.41) is 9.53. The summed E-state index contributed by atoms with van der Waals surface area (Å²) in [6.45, 7) is 2.06. The van der Waals surface area contributed by atoms with E-state index in [1.807, 2.05) is 37.4 Å². The van der Waals surface area contributed by atoms with Crippen molar-refractivity contribution in [2.45, 2.75) is 31.5 Å². The van der Waals surface area contributed by atoms with Crippen LogP contribution in [-0.4, -0.2) is 41.7 Å². The third-order valence-corrected chi connectivity index (χ3v) is 3.77. The number of aliphatic carboxylic acids is 1. The molecule has 1 aliphatic heterocycles. The minimum absolute atomic E-state index is 0.358. The van der Waals surface area contributed by atoms with E-state index in [-0.39, 0.29) is 0 Å². The Morgan fingerprint density at radius 3 is 2.74 bits per heavy atom. The maximum Gasteiger partial charge on any atom is 0.336 e. The lowest BCUT2D eigenvalue weighted by molar-refractivity contribution is -0.170. The average Bonchev–Trinajstić information content (AvgIpc) is 2.61. The van der Waals surface area contributed by atoms with E-state index in [0.717, 1.165) is 25.1 Å². The second-order valence-corrected chi connectivity index (χ2v) is 5.23. The zero-order valence-corrected chi connectivity index (χ0v) is 11.3. The van der Waals surface area contributed by atoms with Gasteiger partial charge in [0.25, 0.3) is 0 Å². The van der Waals surface area contributed by atoms with Gasteiger partial charge in [-0.3, -0.25) is 0 Å². The summed E-state index contributed by atoms with van der Waals surface area (Å²) >= 11 is 0. The Bertz CT molecular complexity index is 421. The van der Waals surface area contributed by atoms with Gasteiger partial charge in [-0.25, -0.2) is 4.79 Å². The number of hydrogen-bond donors (Lipinski definition) is 1. The second kappa shape index (κ2) is 6.17. The average molecular weight is 263 g/mol. The van der Waals surface area contributed by atoms with Crippen LogP contribution >= 0.6 is 0 Å². The Morgan fingerprint density at radius 2 is 2.05 bits per heavy atom. The van der Waals surface area contributed by atoms with Crippen molar-refractivity contribution in [3.8, 4) is 0 Å². The molecule has 1 unspecified atom stereocenters. The maximum atomic E-state index is 11.6. The van der Waals surface area contributed by atoms with Gasteiger partial charge in [-0.05, 0) is 38.4 Å². The Balaban J connectivity index is 2.05. The van der Waals surface area contributed by atoms with Crippen molar-refractivity contribution in [2.24, 2.45) is 0 Å². The summed E-state index contributed by atoms with van der Waals surface area (Å²) in [4.78, 5) is 13.8. The van der Waals surface area contributed by atoms with Crippen LogP contribution in [0.4, 0.5) is 0 Å². The van der Waals surface area contributed by atoms with Gasteiger partial charge in [0.1, 0.15) is 0 Å². The first-order chi connectivity index (χ1) is 9.12. The molecule has 1 N–H and O–H groups in total. The molecule has 19 heavy (non-hydrogen) atoms. The molecule has 4 heteroatoms. The summed E-state index contributed by atoms with van der Waals surface area (Å²) in [6.07, 6.45) is 1.99. The first-order valence-electron chi connectivity index (χ1n) is 6.72. The van der Waals surface area contributed by atoms with E-state index in [2.05, 4.69) is 4.90 Å². The molecular weight excluding hydrogens is 242 g/mol. The largest absolute Gasteiger partial charge is 0.479 e. The van der Waals surface area contributed by atoms with Gasteiger partial charge in [-0.1, -0.05) is 30.3 Å². The van der Waals surface area contributed by atoms with E-state index in [9.17, 15) is 9.90 Å². The molecule has 2 rings (SSSR count). The summed E-state index contributed by atoms with van der Waals surface area (Å²) in [5.41, 5.74) is -0.0126. The third kappa shape index (κ3) is 3.55. The quantitative estimate of drug-likeness (QED) is 0.904. The zero-order chi connectivity index (χ0) is 13.7. The lowest BCUT2D eigenvalue weighted by Crippen LogP contribution is -2.42. The van der Waals surface area contributed by atoms with Crippen LogP contribution in [0.25, 0.3) is 0 Å². The molecule has 0 radical (unpaired) electrons. The van der Waals surface area contributed by atoms with Crippen molar-refractivity contribution >= 4 is 5.97 Å². The van der Waals surface area contributed by atoms with Gasteiger partial charge < -0.3 is 14.7 Å². The molecule has 1 aromatic carbocycles. The van der Waals surface area contributed by atoms with Crippen molar-refractivity contribution in [2.75, 3.05) is 20.1 Å². The van der Waals surface area contributed by atoms with Crippen molar-refractivity contribution in [3.05, 3.63) is 35.9 Å². The van der Waals surface area contributed by atoms with E-state index < -0.39 is 11.6 Å². The molecule has 1 heterocycles. The van der Waals surface area contributed by atoms with Gasteiger partial charge in [0, 0.05) is 6.54 Å². The lowest BCUT2D eigenvalue weighted by Gasteiger charge is -2.28. The number of carboxylic acid groups (broad SMARTS) is 1. The number of likely N-dealkylation sites (tertiary alicyclic amines) is 1. The molecular formula is C15H21NO3. The van der Waals surface area contributed by atoms with Crippen LogP contribution in [0, 0.1) is 0 Å². The van der Waals surface area contributed by atoms with Gasteiger partial charge in [0.05, 0.1) is 6.61 Å². The SMILES string of the molecule is CN1CCCC(OCc2ccccc2)(C(=O)O)CC1. The number of nitrogens with zero attached hydrogens (tertiary/aromatic N) is 1. The fourth-order valence-corrected chi connectivity index (χ4v) is 2.46. The topological polar surface area (TPSA) is 49.8 Å². The monoisotopic (exact) mass is 263 g/mol. The highest BCUT2D eigenvalue weighted by Gasteiger charge is 2.40. The fraction of sp³-hybridized carbons (Fsp3) is 0.533. The normalized spacial score (nSPS) is 24.9.